The van der Waals surface area contributed by atoms with E-state index >= 15 is 0 Å². The highest BCUT2D eigenvalue weighted by molar-refractivity contribution is 6.30. The van der Waals surface area contributed by atoms with E-state index in [-0.39, 0.29) is 5.91 Å². The molecule has 1 aromatic carbocycles. The fraction of sp³-hybridized carbons (Fsp3) is 0.286. The number of aryl methyl sites for hydroxylation is 2. The lowest BCUT2D eigenvalue weighted by molar-refractivity contribution is 0.0952. The highest BCUT2D eigenvalue weighted by atomic mass is 35.5. The van der Waals surface area contributed by atoms with E-state index in [9.17, 15) is 4.79 Å². The molecule has 0 unspecified atom stereocenters. The van der Waals surface area contributed by atoms with Crippen LogP contribution >= 0.6 is 11.6 Å². The first-order valence-corrected chi connectivity index (χ1v) is 6.56. The Labute approximate surface area is 117 Å². The Hall–Kier alpha value is -1.81. The number of aromatic nitrogens is 2. The van der Waals surface area contributed by atoms with E-state index in [2.05, 4.69) is 14.9 Å². The number of benzene rings is 1. The van der Waals surface area contributed by atoms with Crippen LogP contribution in [0.3, 0.4) is 0 Å². The Morgan fingerprint density at radius 2 is 2.32 bits per heavy atom. The number of nitrogens with one attached hydrogen (secondary N) is 1. The summed E-state index contributed by atoms with van der Waals surface area (Å²) in [4.78, 5) is 16.0. The molecule has 4 nitrogen and oxygen atoms in total. The fourth-order valence-electron chi connectivity index (χ4n) is 1.82. The van der Waals surface area contributed by atoms with E-state index in [0.29, 0.717) is 17.1 Å². The van der Waals surface area contributed by atoms with Crippen LogP contribution in [0.4, 0.5) is 0 Å². The normalized spacial score (nSPS) is 10.4. The zero-order valence-electron chi connectivity index (χ0n) is 10.8. The van der Waals surface area contributed by atoms with Crippen molar-refractivity contribution >= 4 is 17.5 Å². The van der Waals surface area contributed by atoms with Crippen LogP contribution in [-0.4, -0.2) is 22.0 Å². The summed E-state index contributed by atoms with van der Waals surface area (Å²) in [6.07, 6.45) is 4.58. The number of hydrogen-bond acceptors (Lipinski definition) is 2. The minimum absolute atomic E-state index is 0.0927. The molecule has 0 aliphatic heterocycles. The highest BCUT2D eigenvalue weighted by Gasteiger charge is 2.04. The minimum Gasteiger partial charge on any atom is -0.352 e. The van der Waals surface area contributed by atoms with E-state index in [0.717, 1.165) is 18.8 Å². The molecule has 0 aliphatic rings. The topological polar surface area (TPSA) is 46.9 Å². The van der Waals surface area contributed by atoms with Gasteiger partial charge in [0.25, 0.3) is 5.91 Å². The molecule has 0 saturated carbocycles. The summed E-state index contributed by atoms with van der Waals surface area (Å²) in [7, 11) is 0. The average Bonchev–Trinajstić information content (AvgIpc) is 2.80. The molecule has 1 N–H and O–H groups in total. The van der Waals surface area contributed by atoms with Gasteiger partial charge in [0.05, 0.1) is 0 Å². The molecule has 0 saturated heterocycles. The first-order chi connectivity index (χ1) is 9.16. The van der Waals surface area contributed by atoms with Crippen LogP contribution < -0.4 is 5.32 Å². The maximum Gasteiger partial charge on any atom is 0.251 e. The van der Waals surface area contributed by atoms with E-state index in [1.54, 1.807) is 30.5 Å². The summed E-state index contributed by atoms with van der Waals surface area (Å²) in [5.74, 6) is 0.894. The van der Waals surface area contributed by atoms with E-state index < -0.39 is 0 Å². The lowest BCUT2D eigenvalue weighted by atomic mass is 10.2. The lowest BCUT2D eigenvalue weighted by Crippen LogP contribution is -2.25. The number of halogens is 1. The van der Waals surface area contributed by atoms with Crippen LogP contribution in [0, 0.1) is 6.92 Å². The number of amides is 1. The highest BCUT2D eigenvalue weighted by Crippen LogP contribution is 2.10. The van der Waals surface area contributed by atoms with Crippen molar-refractivity contribution in [2.24, 2.45) is 0 Å². The van der Waals surface area contributed by atoms with E-state index in [4.69, 9.17) is 11.6 Å². The number of carbonyl (C=O) groups is 1. The smallest absolute Gasteiger partial charge is 0.251 e. The largest absolute Gasteiger partial charge is 0.352 e. The Kier molecular flexibility index (Phi) is 4.58. The summed E-state index contributed by atoms with van der Waals surface area (Å²) >= 11 is 5.84. The Bertz CT molecular complexity index is 565. The van der Waals surface area contributed by atoms with Crippen molar-refractivity contribution in [3.8, 4) is 0 Å². The van der Waals surface area contributed by atoms with Crippen molar-refractivity contribution in [2.75, 3.05) is 6.54 Å². The molecule has 0 fully saturated rings. The van der Waals surface area contributed by atoms with Gasteiger partial charge < -0.3 is 9.88 Å². The SMILES string of the molecule is Cc1nccn1CCCNC(=O)c1cccc(Cl)c1. The van der Waals surface area contributed by atoms with Crippen molar-refractivity contribution in [3.63, 3.8) is 0 Å². The number of carbonyl (C=O) groups excluding carboxylic acids is 1. The zero-order valence-corrected chi connectivity index (χ0v) is 11.5. The van der Waals surface area contributed by atoms with Crippen LogP contribution in [0.5, 0.6) is 0 Å². The summed E-state index contributed by atoms with van der Waals surface area (Å²) in [5, 5.41) is 3.45. The monoisotopic (exact) mass is 277 g/mol. The van der Waals surface area contributed by atoms with Crippen molar-refractivity contribution in [1.29, 1.82) is 0 Å². The summed E-state index contributed by atoms with van der Waals surface area (Å²) in [5.41, 5.74) is 0.589. The molecule has 1 aromatic heterocycles. The lowest BCUT2D eigenvalue weighted by Gasteiger charge is -2.07. The second kappa shape index (κ2) is 6.38. The summed E-state index contributed by atoms with van der Waals surface area (Å²) in [6, 6.07) is 6.93. The van der Waals surface area contributed by atoms with Gasteiger partial charge in [-0.05, 0) is 31.5 Å². The van der Waals surface area contributed by atoms with Gasteiger partial charge >= 0.3 is 0 Å². The third kappa shape index (κ3) is 3.83. The predicted octanol–water partition coefficient (Wildman–Crippen LogP) is 2.67. The molecular formula is C14H16ClN3O. The second-order valence-corrected chi connectivity index (χ2v) is 4.72. The van der Waals surface area contributed by atoms with Crippen molar-refractivity contribution in [2.45, 2.75) is 19.9 Å². The molecule has 19 heavy (non-hydrogen) atoms. The molecule has 1 amide bonds. The molecule has 2 aromatic rings. The number of imidazole rings is 1. The Morgan fingerprint density at radius 3 is 3.00 bits per heavy atom. The Morgan fingerprint density at radius 1 is 1.47 bits per heavy atom. The predicted molar refractivity (Wildman–Crippen MR) is 75.4 cm³/mol. The maximum absolute atomic E-state index is 11.8. The first kappa shape index (κ1) is 13.6. The van der Waals surface area contributed by atoms with Gasteiger partial charge in [-0.2, -0.15) is 0 Å². The van der Waals surface area contributed by atoms with Crippen LogP contribution in [0.25, 0.3) is 0 Å². The summed E-state index contributed by atoms with van der Waals surface area (Å²) < 4.78 is 2.06. The molecule has 5 heteroatoms. The fourth-order valence-corrected chi connectivity index (χ4v) is 2.01. The van der Waals surface area contributed by atoms with E-state index in [1.807, 2.05) is 13.1 Å². The van der Waals surface area contributed by atoms with Crippen LogP contribution in [0.2, 0.25) is 5.02 Å². The second-order valence-electron chi connectivity index (χ2n) is 4.29. The van der Waals surface area contributed by atoms with Crippen molar-refractivity contribution in [1.82, 2.24) is 14.9 Å². The first-order valence-electron chi connectivity index (χ1n) is 6.18. The third-order valence-electron chi connectivity index (χ3n) is 2.87. The molecular weight excluding hydrogens is 262 g/mol. The molecule has 0 aliphatic carbocycles. The van der Waals surface area contributed by atoms with Gasteiger partial charge in [-0.25, -0.2) is 4.98 Å². The van der Waals surface area contributed by atoms with Crippen molar-refractivity contribution < 1.29 is 4.79 Å². The van der Waals surface area contributed by atoms with Crippen LogP contribution in [-0.2, 0) is 6.54 Å². The van der Waals surface area contributed by atoms with Crippen LogP contribution in [0.1, 0.15) is 22.6 Å². The van der Waals surface area contributed by atoms with Crippen LogP contribution in [0.15, 0.2) is 36.7 Å². The Balaban J connectivity index is 1.77. The van der Waals surface area contributed by atoms with Gasteiger partial charge in [-0.15, -0.1) is 0 Å². The van der Waals surface area contributed by atoms with Gasteiger partial charge in [0.2, 0.25) is 0 Å². The minimum atomic E-state index is -0.0927. The molecule has 1 heterocycles. The summed E-state index contributed by atoms with van der Waals surface area (Å²) in [6.45, 7) is 3.44. The van der Waals surface area contributed by atoms with Gasteiger partial charge in [0.15, 0.2) is 0 Å². The van der Waals surface area contributed by atoms with Crippen molar-refractivity contribution in [3.05, 3.63) is 53.1 Å². The van der Waals surface area contributed by atoms with Gasteiger partial charge in [-0.3, -0.25) is 4.79 Å². The number of nitrogens with zero attached hydrogens (tertiary/aromatic N) is 2. The maximum atomic E-state index is 11.8. The van der Waals surface area contributed by atoms with Gasteiger partial charge in [0.1, 0.15) is 5.82 Å². The molecule has 0 atom stereocenters. The quantitative estimate of drug-likeness (QED) is 0.854. The zero-order chi connectivity index (χ0) is 13.7. The molecule has 2 rings (SSSR count). The molecule has 0 bridgehead atoms. The molecule has 100 valence electrons. The standard InChI is InChI=1S/C14H16ClN3O/c1-11-16-7-9-18(11)8-3-6-17-14(19)12-4-2-5-13(15)10-12/h2,4-5,7,9-10H,3,6,8H2,1H3,(H,17,19). The number of rotatable bonds is 5. The van der Waals surface area contributed by atoms with E-state index in [1.165, 1.54) is 0 Å². The molecule has 0 radical (unpaired) electrons. The number of hydrogen-bond donors (Lipinski definition) is 1. The van der Waals surface area contributed by atoms with Gasteiger partial charge in [-0.1, -0.05) is 17.7 Å². The van der Waals surface area contributed by atoms with Gasteiger partial charge in [0, 0.05) is 36.1 Å². The third-order valence-corrected chi connectivity index (χ3v) is 3.11. The molecule has 0 spiro atoms. The average molecular weight is 278 g/mol.